The van der Waals surface area contributed by atoms with Crippen molar-refractivity contribution < 1.29 is 4.79 Å². The minimum atomic E-state index is -0.0553. The van der Waals surface area contributed by atoms with Crippen molar-refractivity contribution >= 4 is 35.1 Å². The Morgan fingerprint density at radius 3 is 2.62 bits per heavy atom. The number of nitrogens with one attached hydrogen (secondary N) is 1. The van der Waals surface area contributed by atoms with Crippen molar-refractivity contribution in [1.82, 2.24) is 9.78 Å². The molecule has 1 aliphatic heterocycles. The third-order valence-corrected chi connectivity index (χ3v) is 5.59. The lowest BCUT2D eigenvalue weighted by Crippen LogP contribution is -2.18. The molecule has 2 aromatic carbocycles. The summed E-state index contributed by atoms with van der Waals surface area (Å²) < 4.78 is 1.85. The van der Waals surface area contributed by atoms with Gasteiger partial charge in [-0.3, -0.25) is 4.79 Å². The first-order valence-corrected chi connectivity index (χ1v) is 9.93. The van der Waals surface area contributed by atoms with Crippen molar-refractivity contribution in [2.45, 2.75) is 24.9 Å². The van der Waals surface area contributed by atoms with Crippen LogP contribution in [0.5, 0.6) is 0 Å². The number of aryl methyl sites for hydroxylation is 1. The van der Waals surface area contributed by atoms with Crippen LogP contribution in [0.2, 0.25) is 5.02 Å². The first kappa shape index (κ1) is 17.2. The van der Waals surface area contributed by atoms with Crippen molar-refractivity contribution in [2.24, 2.45) is 0 Å². The van der Waals surface area contributed by atoms with Gasteiger partial charge in [0, 0.05) is 22.1 Å². The largest absolute Gasteiger partial charge is 0.310 e. The third-order valence-electron chi connectivity index (χ3n) is 4.37. The Morgan fingerprint density at radius 2 is 1.88 bits per heavy atom. The van der Waals surface area contributed by atoms with E-state index in [-0.39, 0.29) is 5.91 Å². The Kier molecular flexibility index (Phi) is 4.74. The molecule has 0 saturated carbocycles. The molecule has 1 aliphatic rings. The van der Waals surface area contributed by atoms with E-state index in [9.17, 15) is 4.79 Å². The number of thioether (sulfide) groups is 1. The summed E-state index contributed by atoms with van der Waals surface area (Å²) in [6.45, 7) is 2.05. The van der Waals surface area contributed by atoms with Crippen LogP contribution in [0.25, 0.3) is 5.69 Å². The first-order chi connectivity index (χ1) is 12.6. The lowest BCUT2D eigenvalue weighted by molar-refractivity contribution is -0.115. The summed E-state index contributed by atoms with van der Waals surface area (Å²) in [7, 11) is 0. The number of hydrogen-bond acceptors (Lipinski definition) is 3. The lowest BCUT2D eigenvalue weighted by Gasteiger charge is -2.11. The second-order valence-corrected chi connectivity index (χ2v) is 7.79. The molecule has 0 aliphatic carbocycles. The molecular weight excluding hydrogens is 366 g/mol. The van der Waals surface area contributed by atoms with E-state index in [1.807, 2.05) is 40.7 Å². The zero-order chi connectivity index (χ0) is 18.1. The Labute approximate surface area is 161 Å². The van der Waals surface area contributed by atoms with Gasteiger partial charge >= 0.3 is 0 Å². The Bertz CT molecular complexity index is 948. The number of amides is 1. The van der Waals surface area contributed by atoms with Crippen LogP contribution in [0.4, 0.5) is 5.82 Å². The minimum Gasteiger partial charge on any atom is -0.310 e. The molecule has 1 aromatic heterocycles. The van der Waals surface area contributed by atoms with E-state index in [0.717, 1.165) is 39.8 Å². The molecule has 0 radical (unpaired) electrons. The number of hydrogen-bond donors (Lipinski definition) is 1. The van der Waals surface area contributed by atoms with Gasteiger partial charge < -0.3 is 5.32 Å². The normalized spacial score (nSPS) is 12.8. The van der Waals surface area contributed by atoms with Crippen LogP contribution in [0.1, 0.15) is 22.4 Å². The molecule has 2 heterocycles. The highest BCUT2D eigenvalue weighted by Crippen LogP contribution is 2.36. The van der Waals surface area contributed by atoms with Crippen molar-refractivity contribution in [3.63, 3.8) is 0 Å². The standard InChI is InChI=1S/C20H18ClN3OS/c1-13-2-8-16(9-3-13)24-20(17-11-26-12-18(17)23-24)22-19(25)10-14-4-6-15(21)7-5-14/h2-9H,10-12H2,1H3,(H,22,25). The highest BCUT2D eigenvalue weighted by atomic mass is 35.5. The Balaban J connectivity index is 1.61. The molecule has 1 N–H and O–H groups in total. The van der Waals surface area contributed by atoms with Crippen LogP contribution < -0.4 is 5.32 Å². The highest BCUT2D eigenvalue weighted by molar-refractivity contribution is 7.98. The van der Waals surface area contributed by atoms with Crippen molar-refractivity contribution in [2.75, 3.05) is 5.32 Å². The van der Waals surface area contributed by atoms with E-state index in [4.69, 9.17) is 16.7 Å². The summed E-state index contributed by atoms with van der Waals surface area (Å²) >= 11 is 7.73. The van der Waals surface area contributed by atoms with E-state index in [1.165, 1.54) is 5.56 Å². The third kappa shape index (κ3) is 3.50. The quantitative estimate of drug-likeness (QED) is 0.706. The number of carbonyl (C=O) groups excluding carboxylic acids is 1. The van der Waals surface area contributed by atoms with Crippen LogP contribution in [-0.2, 0) is 22.7 Å². The van der Waals surface area contributed by atoms with Crippen molar-refractivity contribution in [3.8, 4) is 5.69 Å². The summed E-state index contributed by atoms with van der Waals surface area (Å²) in [5, 5.41) is 8.48. The fourth-order valence-electron chi connectivity index (χ4n) is 2.98. The number of fused-ring (bicyclic) bond motifs is 1. The molecule has 0 spiro atoms. The molecule has 1 amide bonds. The van der Waals surface area contributed by atoms with E-state index >= 15 is 0 Å². The molecule has 3 aromatic rings. The topological polar surface area (TPSA) is 46.9 Å². The van der Waals surface area contributed by atoms with Gasteiger partial charge in [-0.2, -0.15) is 16.9 Å². The first-order valence-electron chi connectivity index (χ1n) is 8.40. The summed E-state index contributed by atoms with van der Waals surface area (Å²) in [4.78, 5) is 12.6. The fourth-order valence-corrected chi connectivity index (χ4v) is 4.14. The lowest BCUT2D eigenvalue weighted by atomic mass is 10.1. The van der Waals surface area contributed by atoms with Gasteiger partial charge in [0.2, 0.25) is 5.91 Å². The number of benzene rings is 2. The minimum absolute atomic E-state index is 0.0553. The predicted octanol–water partition coefficient (Wildman–Crippen LogP) is 4.76. The number of halogens is 1. The molecular formula is C20H18ClN3OS. The van der Waals surface area contributed by atoms with Gasteiger partial charge in [0.15, 0.2) is 0 Å². The van der Waals surface area contributed by atoms with Gasteiger partial charge in [0.1, 0.15) is 5.82 Å². The van der Waals surface area contributed by atoms with E-state index in [1.54, 1.807) is 12.1 Å². The number of anilines is 1. The molecule has 0 fully saturated rings. The number of carbonyl (C=O) groups is 1. The van der Waals surface area contributed by atoms with Crippen LogP contribution in [0.3, 0.4) is 0 Å². The maximum atomic E-state index is 12.6. The van der Waals surface area contributed by atoms with Crippen molar-refractivity contribution in [3.05, 3.63) is 75.9 Å². The maximum Gasteiger partial charge on any atom is 0.229 e. The summed E-state index contributed by atoms with van der Waals surface area (Å²) in [5.41, 5.74) is 5.26. The number of aromatic nitrogens is 2. The average Bonchev–Trinajstić information content (AvgIpc) is 3.21. The SMILES string of the molecule is Cc1ccc(-n2nc3c(c2NC(=O)Cc2ccc(Cl)cc2)CSC3)cc1. The van der Waals surface area contributed by atoms with Crippen molar-refractivity contribution in [1.29, 1.82) is 0 Å². The number of nitrogens with zero attached hydrogens (tertiary/aromatic N) is 2. The van der Waals surface area contributed by atoms with Crippen LogP contribution in [0.15, 0.2) is 48.5 Å². The zero-order valence-electron chi connectivity index (χ0n) is 14.3. The smallest absolute Gasteiger partial charge is 0.229 e. The molecule has 4 nitrogen and oxygen atoms in total. The van der Waals surface area contributed by atoms with Gasteiger partial charge in [-0.1, -0.05) is 41.4 Å². The fraction of sp³-hybridized carbons (Fsp3) is 0.200. The highest BCUT2D eigenvalue weighted by Gasteiger charge is 2.24. The van der Waals surface area contributed by atoms with E-state index < -0.39 is 0 Å². The molecule has 26 heavy (non-hydrogen) atoms. The summed E-state index contributed by atoms with van der Waals surface area (Å²) in [5.74, 6) is 2.49. The monoisotopic (exact) mass is 383 g/mol. The second kappa shape index (κ2) is 7.17. The molecule has 0 atom stereocenters. The van der Waals surface area contributed by atoms with Crippen LogP contribution >= 0.6 is 23.4 Å². The molecule has 0 unspecified atom stereocenters. The van der Waals surface area contributed by atoms with Crippen LogP contribution in [-0.4, -0.2) is 15.7 Å². The predicted molar refractivity (Wildman–Crippen MR) is 107 cm³/mol. The van der Waals surface area contributed by atoms with Gasteiger partial charge in [0.05, 0.1) is 17.8 Å². The van der Waals surface area contributed by atoms with E-state index in [0.29, 0.717) is 11.4 Å². The molecule has 0 saturated heterocycles. The van der Waals surface area contributed by atoms with Gasteiger partial charge in [0.25, 0.3) is 0 Å². The van der Waals surface area contributed by atoms with Gasteiger partial charge in [-0.15, -0.1) is 0 Å². The number of rotatable bonds is 4. The Hall–Kier alpha value is -2.24. The molecule has 0 bridgehead atoms. The molecule has 6 heteroatoms. The van der Waals surface area contributed by atoms with Crippen LogP contribution in [0, 0.1) is 6.92 Å². The average molecular weight is 384 g/mol. The molecule has 4 rings (SSSR count). The zero-order valence-corrected chi connectivity index (χ0v) is 15.9. The maximum absolute atomic E-state index is 12.6. The van der Waals surface area contributed by atoms with Gasteiger partial charge in [-0.25, -0.2) is 4.68 Å². The Morgan fingerprint density at radius 1 is 1.15 bits per heavy atom. The second-order valence-electron chi connectivity index (χ2n) is 6.37. The molecule has 132 valence electrons. The van der Waals surface area contributed by atoms with E-state index in [2.05, 4.69) is 24.4 Å². The summed E-state index contributed by atoms with van der Waals surface area (Å²) in [6.07, 6.45) is 0.304. The summed E-state index contributed by atoms with van der Waals surface area (Å²) in [6, 6.07) is 15.5. The van der Waals surface area contributed by atoms with Gasteiger partial charge in [-0.05, 0) is 36.8 Å².